The zero-order chi connectivity index (χ0) is 16.1. The second-order valence-corrected chi connectivity index (χ2v) is 5.80. The molecule has 1 aromatic carbocycles. The van der Waals surface area contributed by atoms with E-state index in [9.17, 15) is 0 Å². The van der Waals surface area contributed by atoms with Gasteiger partial charge in [0, 0.05) is 10.7 Å². The summed E-state index contributed by atoms with van der Waals surface area (Å²) < 4.78 is 0.971. The molecule has 7 heteroatoms. The number of hydrogen-bond donors (Lipinski definition) is 2. The van der Waals surface area contributed by atoms with E-state index < -0.39 is 0 Å². The smallest absolute Gasteiger partial charge is 0.245 e. The maximum Gasteiger partial charge on any atom is 0.245 e. The molecule has 0 atom stereocenters. The van der Waals surface area contributed by atoms with Gasteiger partial charge in [-0.15, -0.1) is 5.10 Å². The Balaban J connectivity index is 1.69. The summed E-state index contributed by atoms with van der Waals surface area (Å²) in [5.41, 5.74) is 3.02. The van der Waals surface area contributed by atoms with Crippen LogP contribution in [0.1, 0.15) is 11.3 Å². The molecular formula is C16H15BrN6. The van der Waals surface area contributed by atoms with Gasteiger partial charge in [-0.3, -0.25) is 4.98 Å². The summed E-state index contributed by atoms with van der Waals surface area (Å²) in [6.45, 7) is 2.58. The lowest BCUT2D eigenvalue weighted by atomic mass is 10.2. The number of nitrogens with zero attached hydrogens (tertiary/aromatic N) is 4. The highest BCUT2D eigenvalue weighted by molar-refractivity contribution is 9.10. The predicted octanol–water partition coefficient (Wildman–Crippen LogP) is 3.69. The first-order valence-corrected chi connectivity index (χ1v) is 7.87. The van der Waals surface area contributed by atoms with Crippen molar-refractivity contribution in [2.24, 2.45) is 0 Å². The summed E-state index contributed by atoms with van der Waals surface area (Å²) in [6.07, 6.45) is 3.33. The molecule has 3 aromatic rings. The van der Waals surface area contributed by atoms with Crippen molar-refractivity contribution in [3.05, 3.63) is 64.5 Å². The molecule has 23 heavy (non-hydrogen) atoms. The Morgan fingerprint density at radius 3 is 2.87 bits per heavy atom. The average Bonchev–Trinajstić information content (AvgIpc) is 2.57. The van der Waals surface area contributed by atoms with Gasteiger partial charge in [-0.1, -0.05) is 12.1 Å². The summed E-state index contributed by atoms with van der Waals surface area (Å²) >= 11 is 3.53. The number of hydrogen-bond acceptors (Lipinski definition) is 6. The Kier molecular flexibility index (Phi) is 4.77. The third-order valence-corrected chi connectivity index (χ3v) is 3.76. The number of aromatic nitrogens is 4. The topological polar surface area (TPSA) is 75.6 Å². The normalized spacial score (nSPS) is 10.3. The van der Waals surface area contributed by atoms with Crippen molar-refractivity contribution in [3.8, 4) is 0 Å². The van der Waals surface area contributed by atoms with E-state index in [0.29, 0.717) is 18.3 Å². The van der Waals surface area contributed by atoms with Crippen molar-refractivity contribution in [2.45, 2.75) is 13.5 Å². The molecule has 0 aliphatic heterocycles. The average molecular weight is 371 g/mol. The maximum absolute atomic E-state index is 4.40. The fourth-order valence-electron chi connectivity index (χ4n) is 1.97. The van der Waals surface area contributed by atoms with Crippen LogP contribution in [0.4, 0.5) is 17.5 Å². The highest BCUT2D eigenvalue weighted by Crippen LogP contribution is 2.25. The Hall–Kier alpha value is -2.54. The van der Waals surface area contributed by atoms with Crippen LogP contribution in [0.2, 0.25) is 0 Å². The van der Waals surface area contributed by atoms with Gasteiger partial charge in [-0.05, 0) is 52.7 Å². The lowest BCUT2D eigenvalue weighted by molar-refractivity contribution is 0.934. The molecule has 0 aliphatic rings. The Morgan fingerprint density at radius 1 is 1.17 bits per heavy atom. The lowest BCUT2D eigenvalue weighted by Gasteiger charge is -2.09. The minimum absolute atomic E-state index is 0.448. The van der Waals surface area contributed by atoms with Crippen LogP contribution in [0.15, 0.2) is 53.3 Å². The Labute approximate surface area is 142 Å². The minimum Gasteiger partial charge on any atom is -0.347 e. The largest absolute Gasteiger partial charge is 0.347 e. The fraction of sp³-hybridized carbons (Fsp3) is 0.125. The molecule has 0 fully saturated rings. The standard InChI is InChI=1S/C16H15BrN6/c1-11-5-6-14(13(17)8-11)21-15-10-20-23-16(22-15)19-9-12-4-2-3-7-18-12/h2-8,10H,9H2,1H3,(H2,19,21,22,23). The van der Waals surface area contributed by atoms with Crippen LogP contribution < -0.4 is 10.6 Å². The van der Waals surface area contributed by atoms with E-state index in [2.05, 4.69) is 46.7 Å². The number of rotatable bonds is 5. The molecule has 0 radical (unpaired) electrons. The first-order valence-electron chi connectivity index (χ1n) is 7.07. The van der Waals surface area contributed by atoms with Gasteiger partial charge in [0.1, 0.15) is 0 Å². The quantitative estimate of drug-likeness (QED) is 0.713. The van der Waals surface area contributed by atoms with Crippen LogP contribution in [0.25, 0.3) is 0 Å². The summed E-state index contributed by atoms with van der Waals surface area (Å²) in [4.78, 5) is 8.65. The first kappa shape index (κ1) is 15.4. The molecule has 116 valence electrons. The van der Waals surface area contributed by atoms with Crippen LogP contribution in [0.3, 0.4) is 0 Å². The van der Waals surface area contributed by atoms with E-state index in [0.717, 1.165) is 15.9 Å². The molecule has 2 N–H and O–H groups in total. The first-order chi connectivity index (χ1) is 11.2. The minimum atomic E-state index is 0.448. The van der Waals surface area contributed by atoms with Crippen molar-refractivity contribution in [1.82, 2.24) is 20.2 Å². The zero-order valence-electron chi connectivity index (χ0n) is 12.5. The molecule has 0 unspecified atom stereocenters. The Morgan fingerprint density at radius 2 is 2.09 bits per heavy atom. The number of nitrogens with one attached hydrogen (secondary N) is 2. The van der Waals surface area contributed by atoms with E-state index >= 15 is 0 Å². The summed E-state index contributed by atoms with van der Waals surface area (Å²) in [5.74, 6) is 1.07. The summed E-state index contributed by atoms with van der Waals surface area (Å²) in [6, 6.07) is 11.8. The number of benzene rings is 1. The molecule has 0 saturated heterocycles. The third-order valence-electron chi connectivity index (χ3n) is 3.10. The van der Waals surface area contributed by atoms with Gasteiger partial charge in [0.15, 0.2) is 5.82 Å². The highest BCUT2D eigenvalue weighted by Gasteiger charge is 2.04. The molecule has 0 saturated carbocycles. The van der Waals surface area contributed by atoms with Gasteiger partial charge in [0.05, 0.1) is 24.1 Å². The van der Waals surface area contributed by atoms with Crippen molar-refractivity contribution in [1.29, 1.82) is 0 Å². The van der Waals surface area contributed by atoms with E-state index in [1.165, 1.54) is 5.56 Å². The van der Waals surface area contributed by atoms with Gasteiger partial charge >= 0.3 is 0 Å². The van der Waals surface area contributed by atoms with Crippen LogP contribution in [0, 0.1) is 6.92 Å². The number of aryl methyl sites for hydroxylation is 1. The van der Waals surface area contributed by atoms with Crippen molar-refractivity contribution in [2.75, 3.05) is 10.6 Å². The second kappa shape index (κ2) is 7.15. The number of anilines is 3. The van der Waals surface area contributed by atoms with Crippen LogP contribution in [0.5, 0.6) is 0 Å². The molecule has 2 heterocycles. The molecule has 6 nitrogen and oxygen atoms in total. The van der Waals surface area contributed by atoms with E-state index in [-0.39, 0.29) is 0 Å². The molecule has 0 bridgehead atoms. The van der Waals surface area contributed by atoms with Crippen LogP contribution in [-0.2, 0) is 6.54 Å². The molecular weight excluding hydrogens is 356 g/mol. The molecule has 0 amide bonds. The van der Waals surface area contributed by atoms with Crippen LogP contribution >= 0.6 is 15.9 Å². The number of halogens is 1. The van der Waals surface area contributed by atoms with Crippen LogP contribution in [-0.4, -0.2) is 20.2 Å². The monoisotopic (exact) mass is 370 g/mol. The summed E-state index contributed by atoms with van der Waals surface area (Å²) in [5, 5.41) is 14.3. The second-order valence-electron chi connectivity index (χ2n) is 4.95. The maximum atomic E-state index is 4.40. The molecule has 0 aliphatic carbocycles. The Bertz CT molecular complexity index is 794. The lowest BCUT2D eigenvalue weighted by Crippen LogP contribution is -2.07. The SMILES string of the molecule is Cc1ccc(Nc2cnnc(NCc3ccccn3)n2)c(Br)c1. The van der Waals surface area contributed by atoms with Gasteiger partial charge < -0.3 is 10.6 Å². The van der Waals surface area contributed by atoms with Gasteiger partial charge in [0.25, 0.3) is 0 Å². The van der Waals surface area contributed by atoms with Gasteiger partial charge in [0.2, 0.25) is 5.95 Å². The molecule has 0 spiro atoms. The van der Waals surface area contributed by atoms with Crippen molar-refractivity contribution < 1.29 is 0 Å². The molecule has 2 aromatic heterocycles. The van der Waals surface area contributed by atoms with E-state index in [4.69, 9.17) is 0 Å². The van der Waals surface area contributed by atoms with Crippen molar-refractivity contribution >= 4 is 33.4 Å². The van der Waals surface area contributed by atoms with Gasteiger partial charge in [-0.2, -0.15) is 10.1 Å². The molecule has 3 rings (SSSR count). The number of pyridine rings is 1. The van der Waals surface area contributed by atoms with E-state index in [1.807, 2.05) is 43.3 Å². The fourth-order valence-corrected chi connectivity index (χ4v) is 2.56. The summed E-state index contributed by atoms with van der Waals surface area (Å²) in [7, 11) is 0. The third kappa shape index (κ3) is 4.23. The van der Waals surface area contributed by atoms with Gasteiger partial charge in [-0.25, -0.2) is 0 Å². The zero-order valence-corrected chi connectivity index (χ0v) is 14.1. The predicted molar refractivity (Wildman–Crippen MR) is 93.6 cm³/mol. The highest BCUT2D eigenvalue weighted by atomic mass is 79.9. The van der Waals surface area contributed by atoms with Crippen molar-refractivity contribution in [3.63, 3.8) is 0 Å². The van der Waals surface area contributed by atoms with E-state index in [1.54, 1.807) is 12.4 Å².